The lowest BCUT2D eigenvalue weighted by Crippen LogP contribution is -2.35. The van der Waals surface area contributed by atoms with Gasteiger partial charge in [0.15, 0.2) is 0 Å². The number of hydrogen-bond acceptors (Lipinski definition) is 3. The van der Waals surface area contributed by atoms with Crippen LogP contribution < -0.4 is 0 Å². The quantitative estimate of drug-likeness (QED) is 0.897. The zero-order valence-corrected chi connectivity index (χ0v) is 11.6. The van der Waals surface area contributed by atoms with Crippen LogP contribution in [0.3, 0.4) is 0 Å². The number of piperidine rings is 1. The lowest BCUT2D eigenvalue weighted by atomic mass is 9.87. The number of nitrogens with one attached hydrogen (secondary N) is 1. The van der Waals surface area contributed by atoms with Crippen molar-refractivity contribution in [1.82, 2.24) is 15.1 Å². The minimum absolute atomic E-state index is 0.328. The molecule has 0 amide bonds. The summed E-state index contributed by atoms with van der Waals surface area (Å²) in [5.41, 5.74) is 2.20. The van der Waals surface area contributed by atoms with Gasteiger partial charge in [0.2, 0.25) is 0 Å². The summed E-state index contributed by atoms with van der Waals surface area (Å²) >= 11 is 0. The van der Waals surface area contributed by atoms with Crippen LogP contribution in [0.1, 0.15) is 30.2 Å². The maximum Gasteiger partial charge on any atom is 0.0819 e. The Labute approximate surface area is 119 Å². The maximum absolute atomic E-state index is 10.5. The molecule has 0 aliphatic carbocycles. The molecule has 1 aliphatic rings. The molecule has 0 spiro atoms. The van der Waals surface area contributed by atoms with Gasteiger partial charge in [-0.3, -0.25) is 10.00 Å². The van der Waals surface area contributed by atoms with E-state index in [1.165, 1.54) is 0 Å². The van der Waals surface area contributed by atoms with Gasteiger partial charge in [-0.25, -0.2) is 0 Å². The van der Waals surface area contributed by atoms with Gasteiger partial charge in [0.05, 0.1) is 6.10 Å². The van der Waals surface area contributed by atoms with Gasteiger partial charge in [-0.1, -0.05) is 30.3 Å². The lowest BCUT2D eigenvalue weighted by Gasteiger charge is -2.34. The number of likely N-dealkylation sites (tertiary alicyclic amines) is 1. The summed E-state index contributed by atoms with van der Waals surface area (Å²) in [7, 11) is 0. The molecule has 2 heterocycles. The predicted octanol–water partition coefficient (Wildman–Crippen LogP) is 2.36. The second kappa shape index (κ2) is 6.20. The first-order chi connectivity index (χ1) is 9.83. The Balaban J connectivity index is 1.53. The minimum atomic E-state index is -0.328. The average Bonchev–Trinajstić information content (AvgIpc) is 3.01. The highest BCUT2D eigenvalue weighted by Gasteiger charge is 2.26. The van der Waals surface area contributed by atoms with Crippen LogP contribution in [0.5, 0.6) is 0 Å². The van der Waals surface area contributed by atoms with E-state index in [2.05, 4.69) is 15.1 Å². The number of aromatic amines is 1. The first kappa shape index (κ1) is 13.3. The lowest BCUT2D eigenvalue weighted by molar-refractivity contribution is 0.0564. The second-order valence-electron chi connectivity index (χ2n) is 5.55. The van der Waals surface area contributed by atoms with Crippen LogP contribution in [-0.4, -0.2) is 33.3 Å². The molecule has 1 unspecified atom stereocenters. The molecule has 3 rings (SSSR count). The third-order valence-corrected chi connectivity index (χ3v) is 4.17. The molecule has 4 nitrogen and oxygen atoms in total. The minimum Gasteiger partial charge on any atom is -0.388 e. The van der Waals surface area contributed by atoms with Crippen molar-refractivity contribution >= 4 is 0 Å². The van der Waals surface area contributed by atoms with Gasteiger partial charge in [-0.2, -0.15) is 5.10 Å². The fraction of sp³-hybridized carbons (Fsp3) is 0.438. The average molecular weight is 271 g/mol. The number of nitrogens with zero attached hydrogens (tertiary/aromatic N) is 2. The van der Waals surface area contributed by atoms with Crippen LogP contribution in [0.2, 0.25) is 0 Å². The molecule has 1 aliphatic heterocycles. The van der Waals surface area contributed by atoms with E-state index in [9.17, 15) is 5.11 Å². The zero-order valence-electron chi connectivity index (χ0n) is 11.6. The number of benzene rings is 1. The van der Waals surface area contributed by atoms with Gasteiger partial charge in [0.25, 0.3) is 0 Å². The van der Waals surface area contributed by atoms with Crippen LogP contribution in [-0.2, 0) is 6.54 Å². The Morgan fingerprint density at radius 2 is 1.95 bits per heavy atom. The van der Waals surface area contributed by atoms with Crippen LogP contribution in [0, 0.1) is 5.92 Å². The van der Waals surface area contributed by atoms with E-state index in [0.29, 0.717) is 5.92 Å². The zero-order chi connectivity index (χ0) is 13.8. The van der Waals surface area contributed by atoms with Crippen molar-refractivity contribution in [2.45, 2.75) is 25.5 Å². The molecule has 0 saturated carbocycles. The molecule has 4 heteroatoms. The summed E-state index contributed by atoms with van der Waals surface area (Å²) in [5, 5.41) is 17.4. The molecule has 1 saturated heterocycles. The molecular formula is C16H21N3O. The van der Waals surface area contributed by atoms with E-state index in [-0.39, 0.29) is 6.10 Å². The third-order valence-electron chi connectivity index (χ3n) is 4.17. The number of hydrogen-bond donors (Lipinski definition) is 2. The van der Waals surface area contributed by atoms with E-state index in [1.54, 1.807) is 6.20 Å². The molecule has 0 bridgehead atoms. The summed E-state index contributed by atoms with van der Waals surface area (Å²) in [5.74, 6) is 0.371. The van der Waals surface area contributed by atoms with Crippen LogP contribution >= 0.6 is 0 Å². The van der Waals surface area contributed by atoms with Crippen molar-refractivity contribution in [2.24, 2.45) is 5.92 Å². The highest BCUT2D eigenvalue weighted by Crippen LogP contribution is 2.30. The highest BCUT2D eigenvalue weighted by molar-refractivity contribution is 5.18. The Morgan fingerprint density at radius 3 is 2.60 bits per heavy atom. The van der Waals surface area contributed by atoms with Crippen molar-refractivity contribution < 1.29 is 5.11 Å². The van der Waals surface area contributed by atoms with Crippen LogP contribution in [0.15, 0.2) is 42.6 Å². The van der Waals surface area contributed by atoms with Gasteiger partial charge < -0.3 is 5.11 Å². The van der Waals surface area contributed by atoms with Crippen molar-refractivity contribution in [1.29, 1.82) is 0 Å². The molecule has 1 atom stereocenters. The van der Waals surface area contributed by atoms with E-state index in [1.807, 2.05) is 36.4 Å². The normalized spacial score (nSPS) is 19.1. The summed E-state index contributed by atoms with van der Waals surface area (Å²) in [6.45, 7) is 3.00. The molecule has 2 aromatic rings. The van der Waals surface area contributed by atoms with E-state index < -0.39 is 0 Å². The summed E-state index contributed by atoms with van der Waals surface area (Å²) < 4.78 is 0. The summed E-state index contributed by atoms with van der Waals surface area (Å²) in [6.07, 6.45) is 3.56. The van der Waals surface area contributed by atoms with E-state index in [0.717, 1.165) is 43.7 Å². The van der Waals surface area contributed by atoms with Crippen molar-refractivity contribution in [2.75, 3.05) is 13.1 Å². The monoisotopic (exact) mass is 271 g/mol. The SMILES string of the molecule is OC(c1ccccc1)C1CCN(Cc2ccn[nH]2)CC1. The Kier molecular flexibility index (Phi) is 4.14. The maximum atomic E-state index is 10.5. The first-order valence-corrected chi connectivity index (χ1v) is 7.26. The molecule has 2 N–H and O–H groups in total. The molecule has 106 valence electrons. The number of aliphatic hydroxyl groups excluding tert-OH is 1. The van der Waals surface area contributed by atoms with Gasteiger partial charge in [0.1, 0.15) is 0 Å². The van der Waals surface area contributed by atoms with Gasteiger partial charge in [0, 0.05) is 18.4 Å². The molecule has 0 radical (unpaired) electrons. The van der Waals surface area contributed by atoms with E-state index >= 15 is 0 Å². The van der Waals surface area contributed by atoms with Gasteiger partial charge in [-0.05, 0) is 43.5 Å². The smallest absolute Gasteiger partial charge is 0.0819 e. The molecule has 1 aromatic carbocycles. The predicted molar refractivity (Wildman–Crippen MR) is 78.0 cm³/mol. The van der Waals surface area contributed by atoms with Crippen LogP contribution in [0.4, 0.5) is 0 Å². The third kappa shape index (κ3) is 3.08. The molecule has 20 heavy (non-hydrogen) atoms. The molecular weight excluding hydrogens is 250 g/mol. The molecule has 1 aromatic heterocycles. The van der Waals surface area contributed by atoms with Crippen molar-refractivity contribution in [3.8, 4) is 0 Å². The Hall–Kier alpha value is -1.65. The number of aromatic nitrogens is 2. The summed E-state index contributed by atoms with van der Waals surface area (Å²) in [6, 6.07) is 12.0. The summed E-state index contributed by atoms with van der Waals surface area (Å²) in [4.78, 5) is 2.42. The number of H-pyrrole nitrogens is 1. The van der Waals surface area contributed by atoms with E-state index in [4.69, 9.17) is 0 Å². The first-order valence-electron chi connectivity index (χ1n) is 7.26. The highest BCUT2D eigenvalue weighted by atomic mass is 16.3. The van der Waals surface area contributed by atoms with Crippen LogP contribution in [0.25, 0.3) is 0 Å². The number of aliphatic hydroxyl groups is 1. The van der Waals surface area contributed by atoms with Gasteiger partial charge in [-0.15, -0.1) is 0 Å². The molecule has 1 fully saturated rings. The number of rotatable bonds is 4. The second-order valence-corrected chi connectivity index (χ2v) is 5.55. The standard InChI is InChI=1S/C16H21N3O/c20-16(13-4-2-1-3-5-13)14-7-10-19(11-8-14)12-15-6-9-17-18-15/h1-6,9,14,16,20H,7-8,10-12H2,(H,17,18). The fourth-order valence-electron chi connectivity index (χ4n) is 2.96. The topological polar surface area (TPSA) is 52.1 Å². The van der Waals surface area contributed by atoms with Crippen molar-refractivity contribution in [3.63, 3.8) is 0 Å². The Bertz CT molecular complexity index is 504. The fourth-order valence-corrected chi connectivity index (χ4v) is 2.96. The largest absolute Gasteiger partial charge is 0.388 e. The van der Waals surface area contributed by atoms with Gasteiger partial charge >= 0.3 is 0 Å². The van der Waals surface area contributed by atoms with Crippen molar-refractivity contribution in [3.05, 3.63) is 53.9 Å². The Morgan fingerprint density at radius 1 is 1.20 bits per heavy atom.